The molecule has 0 saturated heterocycles. The van der Waals surface area contributed by atoms with Gasteiger partial charge in [-0.15, -0.1) is 0 Å². The van der Waals surface area contributed by atoms with Crippen LogP contribution in [0.4, 0.5) is 0 Å². The Labute approximate surface area is 164 Å². The van der Waals surface area contributed by atoms with Crippen LogP contribution >= 0.6 is 0 Å². The molecule has 0 unspecified atom stereocenters. The van der Waals surface area contributed by atoms with Gasteiger partial charge in [-0.2, -0.15) is 0 Å². The molecule has 0 spiro atoms. The van der Waals surface area contributed by atoms with Gasteiger partial charge in [0.25, 0.3) is 0 Å². The lowest BCUT2D eigenvalue weighted by molar-refractivity contribution is -0.122. The van der Waals surface area contributed by atoms with Gasteiger partial charge in [0.05, 0.1) is 0 Å². The summed E-state index contributed by atoms with van der Waals surface area (Å²) in [4.78, 5) is 32.1. The highest BCUT2D eigenvalue weighted by molar-refractivity contribution is 6.01. The summed E-state index contributed by atoms with van der Waals surface area (Å²) in [5, 5.41) is 4.06. The van der Waals surface area contributed by atoms with Crippen molar-refractivity contribution in [3.63, 3.8) is 0 Å². The van der Waals surface area contributed by atoms with Gasteiger partial charge in [0.2, 0.25) is 5.91 Å². The molecule has 3 aromatic rings. The Morgan fingerprint density at radius 3 is 2.50 bits per heavy atom. The summed E-state index contributed by atoms with van der Waals surface area (Å²) in [6, 6.07) is 17.2. The number of para-hydroxylation sites is 1. The van der Waals surface area contributed by atoms with Crippen LogP contribution in [0.25, 0.3) is 10.9 Å². The van der Waals surface area contributed by atoms with Crippen molar-refractivity contribution in [1.29, 1.82) is 0 Å². The van der Waals surface area contributed by atoms with Gasteiger partial charge >= 0.3 is 0 Å². The first-order valence-electron chi connectivity index (χ1n) is 9.42. The molecule has 0 saturated carbocycles. The molecular weight excluding hydrogens is 350 g/mol. The molecule has 2 aromatic carbocycles. The monoisotopic (exact) mass is 375 g/mol. The molecule has 1 aromatic heterocycles. The Balaban J connectivity index is 1.79. The normalized spacial score (nSPS) is 12.7. The standard InChI is InChI=1S/C23H25N3O2/c1-16(12-17(2)27)26-22(23(28)25-14-18-8-4-3-5-9-18)13-19-15-24-21-11-7-6-10-20(19)21/h3-11,15,22,24H,12-14H2,1-2H3,(H,25,28)/t22-/m0/s1. The number of rotatable bonds is 8. The SMILES string of the molecule is CC(=O)CC(C)=N[C@@H](Cc1c[nH]c2ccccc12)C(=O)NCc1ccccc1. The van der Waals surface area contributed by atoms with Crippen molar-refractivity contribution < 1.29 is 9.59 Å². The topological polar surface area (TPSA) is 74.3 Å². The van der Waals surface area contributed by atoms with Crippen molar-refractivity contribution in [3.05, 3.63) is 71.9 Å². The first-order chi connectivity index (χ1) is 13.5. The van der Waals surface area contributed by atoms with Crippen LogP contribution in [0.2, 0.25) is 0 Å². The fraction of sp³-hybridized carbons (Fsp3) is 0.261. The van der Waals surface area contributed by atoms with E-state index >= 15 is 0 Å². The zero-order chi connectivity index (χ0) is 19.9. The van der Waals surface area contributed by atoms with Gasteiger partial charge < -0.3 is 10.3 Å². The molecule has 0 bridgehead atoms. The summed E-state index contributed by atoms with van der Waals surface area (Å²) in [6.07, 6.45) is 2.66. The number of Topliss-reactive ketones (excluding diaryl/α,β-unsaturated/α-hetero) is 1. The molecule has 1 amide bonds. The smallest absolute Gasteiger partial charge is 0.245 e. The number of nitrogens with zero attached hydrogens (tertiary/aromatic N) is 1. The Morgan fingerprint density at radius 1 is 1.04 bits per heavy atom. The molecule has 0 aliphatic rings. The maximum atomic E-state index is 12.9. The van der Waals surface area contributed by atoms with E-state index in [0.717, 1.165) is 22.0 Å². The van der Waals surface area contributed by atoms with E-state index in [4.69, 9.17) is 0 Å². The zero-order valence-corrected chi connectivity index (χ0v) is 16.2. The third kappa shape index (κ3) is 5.16. The van der Waals surface area contributed by atoms with E-state index in [2.05, 4.69) is 15.3 Å². The quantitative estimate of drug-likeness (QED) is 0.587. The summed E-state index contributed by atoms with van der Waals surface area (Å²) in [5.41, 5.74) is 3.78. The predicted molar refractivity (Wildman–Crippen MR) is 112 cm³/mol. The molecule has 0 radical (unpaired) electrons. The van der Waals surface area contributed by atoms with E-state index < -0.39 is 6.04 Å². The molecule has 2 N–H and O–H groups in total. The van der Waals surface area contributed by atoms with Crippen LogP contribution in [-0.4, -0.2) is 28.4 Å². The molecule has 5 heteroatoms. The maximum absolute atomic E-state index is 12.9. The van der Waals surface area contributed by atoms with Crippen molar-refractivity contribution in [2.24, 2.45) is 4.99 Å². The molecular formula is C23H25N3O2. The van der Waals surface area contributed by atoms with Crippen molar-refractivity contribution in [1.82, 2.24) is 10.3 Å². The largest absolute Gasteiger partial charge is 0.361 e. The number of hydrogen-bond donors (Lipinski definition) is 2. The van der Waals surface area contributed by atoms with Crippen LogP contribution in [0.3, 0.4) is 0 Å². The Bertz CT molecular complexity index is 989. The fourth-order valence-electron chi connectivity index (χ4n) is 3.28. The van der Waals surface area contributed by atoms with Crippen molar-refractivity contribution >= 4 is 28.3 Å². The fourth-order valence-corrected chi connectivity index (χ4v) is 3.28. The van der Waals surface area contributed by atoms with Crippen molar-refractivity contribution in [2.45, 2.75) is 39.3 Å². The molecule has 0 aliphatic heterocycles. The van der Waals surface area contributed by atoms with E-state index in [9.17, 15) is 9.59 Å². The molecule has 1 heterocycles. The second kappa shape index (κ2) is 9.13. The van der Waals surface area contributed by atoms with E-state index in [1.807, 2.05) is 60.8 Å². The van der Waals surface area contributed by atoms with Crippen molar-refractivity contribution in [3.8, 4) is 0 Å². The lowest BCUT2D eigenvalue weighted by Gasteiger charge is -2.14. The minimum Gasteiger partial charge on any atom is -0.361 e. The molecule has 0 fully saturated rings. The summed E-state index contributed by atoms with van der Waals surface area (Å²) < 4.78 is 0. The lowest BCUT2D eigenvalue weighted by Crippen LogP contribution is -2.35. The number of amides is 1. The molecule has 28 heavy (non-hydrogen) atoms. The third-order valence-electron chi connectivity index (χ3n) is 4.58. The van der Waals surface area contributed by atoms with Crippen LogP contribution < -0.4 is 5.32 Å². The van der Waals surface area contributed by atoms with Gasteiger partial charge in [-0.25, -0.2) is 0 Å². The van der Waals surface area contributed by atoms with E-state index in [0.29, 0.717) is 18.7 Å². The minimum absolute atomic E-state index is 0.0387. The number of carbonyl (C=O) groups excluding carboxylic acids is 2. The number of fused-ring (bicyclic) bond motifs is 1. The second-order valence-corrected chi connectivity index (χ2v) is 7.03. The zero-order valence-electron chi connectivity index (χ0n) is 16.2. The molecule has 144 valence electrons. The highest BCUT2D eigenvalue weighted by Crippen LogP contribution is 2.20. The molecule has 0 aliphatic carbocycles. The first-order valence-corrected chi connectivity index (χ1v) is 9.42. The minimum atomic E-state index is -0.581. The van der Waals surface area contributed by atoms with Crippen LogP contribution in [-0.2, 0) is 22.6 Å². The molecule has 5 nitrogen and oxygen atoms in total. The van der Waals surface area contributed by atoms with Gasteiger partial charge in [-0.3, -0.25) is 14.6 Å². The number of H-pyrrole nitrogens is 1. The second-order valence-electron chi connectivity index (χ2n) is 7.03. The average molecular weight is 375 g/mol. The van der Waals surface area contributed by atoms with Gasteiger partial charge in [-0.05, 0) is 31.0 Å². The number of hydrogen-bond acceptors (Lipinski definition) is 3. The summed E-state index contributed by atoms with van der Waals surface area (Å²) in [6.45, 7) is 3.78. The Morgan fingerprint density at radius 2 is 1.75 bits per heavy atom. The predicted octanol–water partition coefficient (Wildman–Crippen LogP) is 3.84. The van der Waals surface area contributed by atoms with E-state index in [-0.39, 0.29) is 18.1 Å². The van der Waals surface area contributed by atoms with Gasteiger partial charge in [0.15, 0.2) is 0 Å². The van der Waals surface area contributed by atoms with Crippen LogP contribution in [0.1, 0.15) is 31.4 Å². The van der Waals surface area contributed by atoms with E-state index in [1.54, 1.807) is 6.92 Å². The third-order valence-corrected chi connectivity index (χ3v) is 4.58. The van der Waals surface area contributed by atoms with Crippen LogP contribution in [0.5, 0.6) is 0 Å². The number of aliphatic imine (C=N–C) groups is 1. The number of carbonyl (C=O) groups is 2. The first kappa shape index (κ1) is 19.5. The maximum Gasteiger partial charge on any atom is 0.245 e. The lowest BCUT2D eigenvalue weighted by atomic mass is 10.0. The highest BCUT2D eigenvalue weighted by Gasteiger charge is 2.20. The number of aromatic nitrogens is 1. The number of benzene rings is 2. The van der Waals surface area contributed by atoms with E-state index in [1.165, 1.54) is 6.92 Å². The van der Waals surface area contributed by atoms with Gasteiger partial charge in [-0.1, -0.05) is 48.5 Å². The van der Waals surface area contributed by atoms with Gasteiger partial charge in [0.1, 0.15) is 11.8 Å². The van der Waals surface area contributed by atoms with Gasteiger partial charge in [0, 0.05) is 42.2 Å². The average Bonchev–Trinajstić information content (AvgIpc) is 3.09. The summed E-state index contributed by atoms with van der Waals surface area (Å²) in [5.74, 6) is -0.103. The van der Waals surface area contributed by atoms with Crippen molar-refractivity contribution in [2.75, 3.05) is 0 Å². The highest BCUT2D eigenvalue weighted by atomic mass is 16.2. The number of ketones is 1. The van der Waals surface area contributed by atoms with Crippen LogP contribution in [0.15, 0.2) is 65.8 Å². The number of aromatic amines is 1. The Kier molecular flexibility index (Phi) is 6.37. The summed E-state index contributed by atoms with van der Waals surface area (Å²) in [7, 11) is 0. The molecule has 3 rings (SSSR count). The van der Waals surface area contributed by atoms with Crippen LogP contribution in [0, 0.1) is 0 Å². The Hall–Kier alpha value is -3.21. The summed E-state index contributed by atoms with van der Waals surface area (Å²) >= 11 is 0. The molecule has 1 atom stereocenters. The number of nitrogens with one attached hydrogen (secondary N) is 2.